The fourth-order valence-corrected chi connectivity index (χ4v) is 2.78. The van der Waals surface area contributed by atoms with Crippen molar-refractivity contribution in [1.82, 2.24) is 20.3 Å². The summed E-state index contributed by atoms with van der Waals surface area (Å²) in [5.41, 5.74) is 5.39. The molecule has 29 heavy (non-hydrogen) atoms. The number of para-hydroxylation sites is 4. The van der Waals surface area contributed by atoms with Gasteiger partial charge in [-0.25, -0.2) is 14.6 Å². The molecule has 2 aromatic carbocycles. The summed E-state index contributed by atoms with van der Waals surface area (Å²) in [6.07, 6.45) is 0. The normalized spacial score (nSPS) is 10.8. The lowest BCUT2D eigenvalue weighted by Gasteiger charge is -2.23. The fourth-order valence-electron chi connectivity index (χ4n) is 2.78. The lowest BCUT2D eigenvalue weighted by molar-refractivity contribution is -0.384. The molecule has 0 saturated heterocycles. The molecule has 0 radical (unpaired) electrons. The van der Waals surface area contributed by atoms with Gasteiger partial charge in [0.25, 0.3) is 11.4 Å². The first-order valence-corrected chi connectivity index (χ1v) is 8.00. The Bertz CT molecular complexity index is 1200. The summed E-state index contributed by atoms with van der Waals surface area (Å²) < 4.78 is 4.57. The number of hydrogen-bond donors (Lipinski definition) is 1. The maximum absolute atomic E-state index is 11.6. The second-order valence-electron chi connectivity index (χ2n) is 5.67. The lowest BCUT2D eigenvalue weighted by atomic mass is 10.2. The quantitative estimate of drug-likeness (QED) is 0.388. The molecule has 4 aromatic rings. The van der Waals surface area contributed by atoms with E-state index in [0.29, 0.717) is 0 Å². The minimum absolute atomic E-state index is 0.00334. The first-order valence-electron chi connectivity index (χ1n) is 8.00. The van der Waals surface area contributed by atoms with E-state index in [9.17, 15) is 20.2 Å². The standard InChI is InChI=1S/C16H10N8O5/c17-13-16(19-15-14(18-13)20-29-21-15)22(9-5-1-3-7-11(9)23(25)26)10-6-2-4-8-12(10)24(27)28/h1-8H,(H2,17,18,20). The van der Waals surface area contributed by atoms with Gasteiger partial charge in [0, 0.05) is 12.1 Å². The van der Waals surface area contributed by atoms with Gasteiger partial charge < -0.3 is 5.73 Å². The Morgan fingerprint density at radius 1 is 0.828 bits per heavy atom. The third-order valence-corrected chi connectivity index (χ3v) is 3.97. The van der Waals surface area contributed by atoms with Crippen LogP contribution in [0.15, 0.2) is 53.2 Å². The van der Waals surface area contributed by atoms with Crippen molar-refractivity contribution in [3.8, 4) is 0 Å². The van der Waals surface area contributed by atoms with E-state index in [2.05, 4.69) is 24.9 Å². The highest BCUT2D eigenvalue weighted by Crippen LogP contribution is 2.44. The van der Waals surface area contributed by atoms with Gasteiger partial charge in [0.2, 0.25) is 11.3 Å². The van der Waals surface area contributed by atoms with Crippen LogP contribution in [-0.4, -0.2) is 30.1 Å². The number of nitrogens with two attached hydrogens (primary N) is 1. The Hall–Kier alpha value is -4.68. The molecule has 13 heteroatoms. The van der Waals surface area contributed by atoms with Gasteiger partial charge in [-0.2, -0.15) is 0 Å². The maximum atomic E-state index is 11.6. The Morgan fingerprint density at radius 2 is 1.31 bits per heavy atom. The maximum Gasteiger partial charge on any atom is 0.293 e. The molecule has 0 fully saturated rings. The molecule has 0 bridgehead atoms. The monoisotopic (exact) mass is 394 g/mol. The van der Waals surface area contributed by atoms with E-state index < -0.39 is 9.85 Å². The van der Waals surface area contributed by atoms with Crippen molar-refractivity contribution in [2.75, 3.05) is 10.6 Å². The van der Waals surface area contributed by atoms with Crippen molar-refractivity contribution < 1.29 is 14.5 Å². The molecular formula is C16H10N8O5. The Kier molecular flexibility index (Phi) is 4.16. The zero-order chi connectivity index (χ0) is 20.5. The van der Waals surface area contributed by atoms with Gasteiger partial charge in [0.1, 0.15) is 11.4 Å². The zero-order valence-electron chi connectivity index (χ0n) is 14.4. The average molecular weight is 394 g/mol. The van der Waals surface area contributed by atoms with Crippen LogP contribution in [0.2, 0.25) is 0 Å². The smallest absolute Gasteiger partial charge is 0.293 e. The predicted molar refractivity (Wildman–Crippen MR) is 99.8 cm³/mol. The molecule has 2 heterocycles. The second-order valence-corrected chi connectivity index (χ2v) is 5.67. The Morgan fingerprint density at radius 3 is 1.83 bits per heavy atom. The molecule has 144 valence electrons. The fraction of sp³-hybridized carbons (Fsp3) is 0. The Labute approximate surface area is 160 Å². The van der Waals surface area contributed by atoms with Gasteiger partial charge in [-0.3, -0.25) is 25.1 Å². The van der Waals surface area contributed by atoms with Crippen molar-refractivity contribution in [1.29, 1.82) is 0 Å². The van der Waals surface area contributed by atoms with Gasteiger partial charge in [-0.05, 0) is 22.4 Å². The molecule has 4 rings (SSSR count). The van der Waals surface area contributed by atoms with Gasteiger partial charge in [0.05, 0.1) is 9.85 Å². The summed E-state index contributed by atoms with van der Waals surface area (Å²) >= 11 is 0. The van der Waals surface area contributed by atoms with Crippen LogP contribution in [0.3, 0.4) is 0 Å². The summed E-state index contributed by atoms with van der Waals surface area (Å²) in [5.74, 6) is -0.277. The highest BCUT2D eigenvalue weighted by molar-refractivity contribution is 5.89. The number of nitrogens with zero attached hydrogens (tertiary/aromatic N) is 7. The number of anilines is 4. The third-order valence-electron chi connectivity index (χ3n) is 3.97. The predicted octanol–water partition coefficient (Wildman–Crippen LogP) is 2.88. The van der Waals surface area contributed by atoms with Crippen LogP contribution in [0.25, 0.3) is 11.3 Å². The number of fused-ring (bicyclic) bond motifs is 1. The van der Waals surface area contributed by atoms with Crippen LogP contribution in [0.4, 0.5) is 34.4 Å². The van der Waals surface area contributed by atoms with Gasteiger partial charge in [-0.15, -0.1) is 0 Å². The number of rotatable bonds is 5. The summed E-state index contributed by atoms with van der Waals surface area (Å²) in [7, 11) is 0. The SMILES string of the molecule is Nc1nc2nonc2nc1N(c1ccccc1[N+](=O)[O-])c1ccccc1[N+](=O)[O-]. The van der Waals surface area contributed by atoms with Crippen molar-refractivity contribution in [2.45, 2.75) is 0 Å². The van der Waals surface area contributed by atoms with Crippen LogP contribution in [-0.2, 0) is 0 Å². The third kappa shape index (κ3) is 3.01. The van der Waals surface area contributed by atoms with E-state index in [1.807, 2.05) is 0 Å². The lowest BCUT2D eigenvalue weighted by Crippen LogP contribution is -2.17. The van der Waals surface area contributed by atoms with Gasteiger partial charge in [-0.1, -0.05) is 24.3 Å². The van der Waals surface area contributed by atoms with E-state index in [1.165, 1.54) is 41.3 Å². The van der Waals surface area contributed by atoms with Crippen molar-refractivity contribution in [3.63, 3.8) is 0 Å². The van der Waals surface area contributed by atoms with Crippen LogP contribution in [0.5, 0.6) is 0 Å². The highest BCUT2D eigenvalue weighted by Gasteiger charge is 2.30. The minimum Gasteiger partial charge on any atom is -0.381 e. The number of nitro benzene ring substituents is 2. The molecule has 13 nitrogen and oxygen atoms in total. The van der Waals surface area contributed by atoms with Crippen LogP contribution in [0, 0.1) is 20.2 Å². The molecule has 0 aliphatic heterocycles. The van der Waals surface area contributed by atoms with E-state index in [0.717, 1.165) is 0 Å². The van der Waals surface area contributed by atoms with E-state index in [1.54, 1.807) is 12.1 Å². The zero-order valence-corrected chi connectivity index (χ0v) is 14.4. The van der Waals surface area contributed by atoms with Crippen LogP contribution >= 0.6 is 0 Å². The van der Waals surface area contributed by atoms with E-state index in [4.69, 9.17) is 5.73 Å². The molecule has 2 N–H and O–H groups in total. The summed E-state index contributed by atoms with van der Waals surface area (Å²) in [4.78, 5) is 31.4. The van der Waals surface area contributed by atoms with Gasteiger partial charge in [0.15, 0.2) is 11.6 Å². The number of benzene rings is 2. The van der Waals surface area contributed by atoms with Crippen molar-refractivity contribution in [3.05, 3.63) is 68.8 Å². The van der Waals surface area contributed by atoms with Crippen LogP contribution in [0.1, 0.15) is 0 Å². The van der Waals surface area contributed by atoms with Crippen molar-refractivity contribution in [2.24, 2.45) is 0 Å². The first kappa shape index (κ1) is 17.7. The summed E-state index contributed by atoms with van der Waals surface area (Å²) in [6, 6.07) is 11.4. The molecule has 0 spiro atoms. The van der Waals surface area contributed by atoms with Gasteiger partial charge >= 0.3 is 0 Å². The summed E-state index contributed by atoms with van der Waals surface area (Å²) in [6.45, 7) is 0. The molecule has 2 aromatic heterocycles. The topological polar surface area (TPSA) is 180 Å². The molecule has 0 atom stereocenters. The van der Waals surface area contributed by atoms with Crippen molar-refractivity contribution >= 4 is 45.7 Å². The molecular weight excluding hydrogens is 384 g/mol. The molecule has 0 amide bonds. The molecule has 0 saturated carbocycles. The number of aromatic nitrogens is 4. The number of hydrogen-bond acceptors (Lipinski definition) is 11. The largest absolute Gasteiger partial charge is 0.381 e. The average Bonchev–Trinajstić information content (AvgIpc) is 3.16. The highest BCUT2D eigenvalue weighted by atomic mass is 16.6. The first-order chi connectivity index (χ1) is 14.0. The van der Waals surface area contributed by atoms with Crippen LogP contribution < -0.4 is 10.6 Å². The molecule has 0 aliphatic carbocycles. The second kappa shape index (κ2) is 6.80. The van der Waals surface area contributed by atoms with E-state index >= 15 is 0 Å². The van der Waals surface area contributed by atoms with E-state index in [-0.39, 0.29) is 45.7 Å². The molecule has 0 aliphatic rings. The number of nitrogen functional groups attached to an aromatic ring is 1. The minimum atomic E-state index is -0.614. The Balaban J connectivity index is 2.07. The molecule has 0 unspecified atom stereocenters. The summed E-state index contributed by atoms with van der Waals surface area (Å²) in [5, 5.41) is 30.3. The number of nitro groups is 2.